The van der Waals surface area contributed by atoms with E-state index in [0.717, 1.165) is 24.3 Å². The van der Waals surface area contributed by atoms with Gasteiger partial charge in [-0.2, -0.15) is 0 Å². The molecule has 0 heterocycles. The van der Waals surface area contributed by atoms with Crippen molar-refractivity contribution in [3.63, 3.8) is 0 Å². The van der Waals surface area contributed by atoms with Gasteiger partial charge >= 0.3 is 0 Å². The highest BCUT2D eigenvalue weighted by atomic mass is 16.5. The Kier molecular flexibility index (Phi) is 4.24. The molecule has 1 amide bonds. The largest absolute Gasteiger partial charge is 0.465 e. The second kappa shape index (κ2) is 6.48. The fourth-order valence-corrected chi connectivity index (χ4v) is 2.58. The summed E-state index contributed by atoms with van der Waals surface area (Å²) in [5, 5.41) is 2.83. The maximum atomic E-state index is 12.1. The van der Waals surface area contributed by atoms with Crippen LogP contribution in [-0.4, -0.2) is 5.91 Å². The molecule has 2 aromatic rings. The Hall–Kier alpha value is -2.55. The van der Waals surface area contributed by atoms with Gasteiger partial charge < -0.3 is 10.1 Å². The highest BCUT2D eigenvalue weighted by molar-refractivity contribution is 6.03. The molecule has 1 aliphatic rings. The van der Waals surface area contributed by atoms with Crippen LogP contribution in [0.3, 0.4) is 0 Å². The van der Waals surface area contributed by atoms with Crippen LogP contribution >= 0.6 is 0 Å². The van der Waals surface area contributed by atoms with Crippen molar-refractivity contribution >= 4 is 11.6 Å². The number of nitrogens with one attached hydrogen (secondary N) is 1. The van der Waals surface area contributed by atoms with Crippen LogP contribution in [0.1, 0.15) is 24.5 Å². The first kappa shape index (κ1) is 14.4. The van der Waals surface area contributed by atoms with E-state index in [2.05, 4.69) is 17.4 Å². The number of carbonyl (C=O) groups is 1. The molecule has 0 spiro atoms. The molecule has 0 unspecified atom stereocenters. The average molecular weight is 293 g/mol. The quantitative estimate of drug-likeness (QED) is 0.681. The summed E-state index contributed by atoms with van der Waals surface area (Å²) < 4.78 is 5.63. The van der Waals surface area contributed by atoms with E-state index in [4.69, 9.17) is 4.74 Å². The van der Waals surface area contributed by atoms with Crippen molar-refractivity contribution < 1.29 is 9.53 Å². The molecule has 0 saturated carbocycles. The van der Waals surface area contributed by atoms with Gasteiger partial charge in [0, 0.05) is 11.3 Å². The van der Waals surface area contributed by atoms with Gasteiger partial charge in [0.2, 0.25) is 0 Å². The summed E-state index contributed by atoms with van der Waals surface area (Å²) in [7, 11) is 0. The third-order valence-electron chi connectivity index (χ3n) is 3.83. The van der Waals surface area contributed by atoms with Gasteiger partial charge in [-0.05, 0) is 61.6 Å². The van der Waals surface area contributed by atoms with E-state index in [9.17, 15) is 4.79 Å². The molecule has 112 valence electrons. The number of carbonyl (C=O) groups excluding carboxylic acids is 1. The predicted octanol–water partition coefficient (Wildman–Crippen LogP) is 4.10. The minimum absolute atomic E-state index is 0.160. The van der Waals surface area contributed by atoms with Crippen LogP contribution in [-0.2, 0) is 17.6 Å². The molecule has 0 fully saturated rings. The van der Waals surface area contributed by atoms with E-state index in [-0.39, 0.29) is 5.91 Å². The van der Waals surface area contributed by atoms with Crippen LogP contribution in [0.2, 0.25) is 0 Å². The minimum Gasteiger partial charge on any atom is -0.465 e. The molecule has 3 heteroatoms. The Balaban J connectivity index is 1.63. The number of para-hydroxylation sites is 1. The number of anilines is 1. The van der Waals surface area contributed by atoms with Crippen LogP contribution in [0, 0.1) is 0 Å². The number of hydrogen-bond donors (Lipinski definition) is 1. The molecule has 2 aromatic carbocycles. The van der Waals surface area contributed by atoms with Crippen molar-refractivity contribution in [3.05, 3.63) is 71.5 Å². The zero-order valence-corrected chi connectivity index (χ0v) is 12.6. The zero-order valence-electron chi connectivity index (χ0n) is 12.6. The monoisotopic (exact) mass is 293 g/mol. The van der Waals surface area contributed by atoms with Crippen molar-refractivity contribution in [1.29, 1.82) is 0 Å². The molecule has 0 aliphatic heterocycles. The maximum Gasteiger partial charge on any atom is 0.254 e. The van der Waals surface area contributed by atoms with Crippen LogP contribution in [0.4, 0.5) is 5.69 Å². The van der Waals surface area contributed by atoms with Crippen molar-refractivity contribution in [2.24, 2.45) is 0 Å². The smallest absolute Gasteiger partial charge is 0.254 e. The predicted molar refractivity (Wildman–Crippen MR) is 87.9 cm³/mol. The number of hydrogen-bond acceptors (Lipinski definition) is 2. The summed E-state index contributed by atoms with van der Waals surface area (Å²) in [5.74, 6) is 0.625. The molecule has 0 saturated heterocycles. The molecule has 0 aromatic heterocycles. The molecule has 3 nitrogen and oxygen atoms in total. The lowest BCUT2D eigenvalue weighted by Crippen LogP contribution is -2.13. The van der Waals surface area contributed by atoms with Gasteiger partial charge in [0.25, 0.3) is 5.91 Å². The van der Waals surface area contributed by atoms with Crippen LogP contribution in [0.5, 0.6) is 5.75 Å². The topological polar surface area (TPSA) is 38.3 Å². The van der Waals surface area contributed by atoms with Gasteiger partial charge in [0.05, 0.1) is 6.26 Å². The summed E-state index contributed by atoms with van der Waals surface area (Å²) in [5.41, 5.74) is 4.08. The van der Waals surface area contributed by atoms with Crippen molar-refractivity contribution in [1.82, 2.24) is 0 Å². The number of rotatable bonds is 4. The normalized spacial score (nSPS) is 13.6. The van der Waals surface area contributed by atoms with Crippen molar-refractivity contribution in [2.45, 2.75) is 26.2 Å². The van der Waals surface area contributed by atoms with E-state index in [0.29, 0.717) is 5.57 Å². The highest BCUT2D eigenvalue weighted by Crippen LogP contribution is 2.26. The fourth-order valence-electron chi connectivity index (χ4n) is 2.58. The standard InChI is InChI=1S/C19H19NO2/c1-14(19(21)20-17-8-3-2-4-9-17)13-22-18-11-10-15-6-5-7-16(15)12-18/h2-4,8-13H,5-7H2,1H3,(H,20,21). The molecule has 0 bridgehead atoms. The second-order valence-corrected chi connectivity index (χ2v) is 5.52. The molecule has 22 heavy (non-hydrogen) atoms. The lowest BCUT2D eigenvalue weighted by Gasteiger charge is -2.07. The Morgan fingerprint density at radius 1 is 1.09 bits per heavy atom. The maximum absolute atomic E-state index is 12.1. The molecule has 1 aliphatic carbocycles. The number of ether oxygens (including phenoxy) is 1. The number of fused-ring (bicyclic) bond motifs is 1. The van der Waals surface area contributed by atoms with Crippen molar-refractivity contribution in [2.75, 3.05) is 5.32 Å². The average Bonchev–Trinajstić information content (AvgIpc) is 3.01. The van der Waals surface area contributed by atoms with Crippen LogP contribution < -0.4 is 10.1 Å². The number of aryl methyl sites for hydroxylation is 2. The third kappa shape index (κ3) is 3.37. The number of benzene rings is 2. The lowest BCUT2D eigenvalue weighted by atomic mass is 10.1. The fraction of sp³-hybridized carbons (Fsp3) is 0.211. The van der Waals surface area contributed by atoms with E-state index in [1.54, 1.807) is 6.92 Å². The Morgan fingerprint density at radius 2 is 1.86 bits per heavy atom. The first-order valence-electron chi connectivity index (χ1n) is 7.54. The molecule has 1 N–H and O–H groups in total. The van der Waals surface area contributed by atoms with Gasteiger partial charge in [-0.3, -0.25) is 4.79 Å². The molecule has 0 radical (unpaired) electrons. The Labute approximate surface area is 130 Å². The van der Waals surface area contributed by atoms with Gasteiger partial charge in [-0.25, -0.2) is 0 Å². The van der Waals surface area contributed by atoms with Crippen molar-refractivity contribution in [3.8, 4) is 5.75 Å². The summed E-state index contributed by atoms with van der Waals surface area (Å²) in [6, 6.07) is 15.5. The third-order valence-corrected chi connectivity index (χ3v) is 3.83. The SMILES string of the molecule is CC(=COc1ccc2c(c1)CCC2)C(=O)Nc1ccccc1. The Morgan fingerprint density at radius 3 is 2.68 bits per heavy atom. The summed E-state index contributed by atoms with van der Waals surface area (Å²) >= 11 is 0. The summed E-state index contributed by atoms with van der Waals surface area (Å²) in [4.78, 5) is 12.1. The molecular weight excluding hydrogens is 274 g/mol. The Bertz CT molecular complexity index is 705. The van der Waals surface area contributed by atoms with E-state index in [1.165, 1.54) is 23.8 Å². The van der Waals surface area contributed by atoms with E-state index >= 15 is 0 Å². The van der Waals surface area contributed by atoms with Crippen LogP contribution in [0.25, 0.3) is 0 Å². The van der Waals surface area contributed by atoms with Gasteiger partial charge in [-0.15, -0.1) is 0 Å². The number of amides is 1. The van der Waals surface area contributed by atoms with E-state index in [1.807, 2.05) is 36.4 Å². The summed E-state index contributed by atoms with van der Waals surface area (Å²) in [6.07, 6.45) is 5.00. The highest BCUT2D eigenvalue weighted by Gasteiger charge is 2.11. The zero-order chi connectivity index (χ0) is 15.4. The molecular formula is C19H19NO2. The second-order valence-electron chi connectivity index (χ2n) is 5.52. The van der Waals surface area contributed by atoms with Gasteiger partial charge in [-0.1, -0.05) is 24.3 Å². The summed E-state index contributed by atoms with van der Waals surface area (Å²) in [6.45, 7) is 1.74. The van der Waals surface area contributed by atoms with Gasteiger partial charge in [0.1, 0.15) is 5.75 Å². The van der Waals surface area contributed by atoms with Gasteiger partial charge in [0.15, 0.2) is 0 Å². The molecule has 3 rings (SSSR count). The minimum atomic E-state index is -0.160. The van der Waals surface area contributed by atoms with E-state index < -0.39 is 0 Å². The lowest BCUT2D eigenvalue weighted by molar-refractivity contribution is -0.112. The first-order chi connectivity index (χ1) is 10.7. The molecule has 0 atom stereocenters. The van der Waals surface area contributed by atoms with Crippen LogP contribution in [0.15, 0.2) is 60.4 Å². The first-order valence-corrected chi connectivity index (χ1v) is 7.54.